The second-order valence-corrected chi connectivity index (χ2v) is 4.12. The molecule has 0 spiro atoms. The molecule has 0 radical (unpaired) electrons. The average molecular weight is 284 g/mol. The number of hydrogen-bond donors (Lipinski definition) is 1. The summed E-state index contributed by atoms with van der Waals surface area (Å²) in [5, 5.41) is 11.4. The number of nitrogens with two attached hydrogens (primary N) is 1. The van der Waals surface area contributed by atoms with Crippen molar-refractivity contribution in [2.24, 2.45) is 5.73 Å². The van der Waals surface area contributed by atoms with Crippen LogP contribution in [0, 0.1) is 0 Å². The summed E-state index contributed by atoms with van der Waals surface area (Å²) in [7, 11) is 0. The molecule has 0 aromatic heterocycles. The minimum atomic E-state index is -1.39. The van der Waals surface area contributed by atoms with Gasteiger partial charge in [0.15, 0.2) is 0 Å². The van der Waals surface area contributed by atoms with Gasteiger partial charge in [0.1, 0.15) is 0 Å². The van der Waals surface area contributed by atoms with Gasteiger partial charge in [0.2, 0.25) is 5.91 Å². The van der Waals surface area contributed by atoms with Gasteiger partial charge in [-0.05, 0) is 23.8 Å². The fourth-order valence-electron chi connectivity index (χ4n) is 1.31. The molecule has 1 unspecified atom stereocenters. The maximum absolute atomic E-state index is 10.9. The van der Waals surface area contributed by atoms with Crippen molar-refractivity contribution in [3.8, 4) is 0 Å². The summed E-state index contributed by atoms with van der Waals surface area (Å²) in [4.78, 5) is 21.6. The number of carboxylic acids is 1. The molecule has 0 heterocycles. The molecule has 1 amide bonds. The Kier molecular flexibility index (Phi) is 7.13. The second kappa shape index (κ2) is 7.24. The number of rotatable bonds is 4. The van der Waals surface area contributed by atoms with Crippen LogP contribution in [0.1, 0.15) is 17.9 Å². The largest absolute Gasteiger partial charge is 1.00 e. The molecular formula is C10H8Cl2NNaO3. The third-order valence-corrected chi connectivity index (χ3v) is 2.41. The van der Waals surface area contributed by atoms with E-state index in [1.165, 1.54) is 18.2 Å². The van der Waals surface area contributed by atoms with Crippen LogP contribution in [0.25, 0.3) is 0 Å². The fraction of sp³-hybridized carbons (Fsp3) is 0.200. The Morgan fingerprint density at radius 3 is 2.06 bits per heavy atom. The molecular weight excluding hydrogens is 276 g/mol. The molecule has 86 valence electrons. The Morgan fingerprint density at radius 2 is 1.71 bits per heavy atom. The van der Waals surface area contributed by atoms with Crippen molar-refractivity contribution >= 4 is 35.1 Å². The Bertz CT molecular complexity index is 419. The first-order valence-corrected chi connectivity index (χ1v) is 5.11. The summed E-state index contributed by atoms with van der Waals surface area (Å²) in [6, 6.07) is 4.29. The van der Waals surface area contributed by atoms with Gasteiger partial charge in [-0.3, -0.25) is 4.79 Å². The smallest absolute Gasteiger partial charge is 0.549 e. The molecule has 1 aromatic carbocycles. The van der Waals surface area contributed by atoms with E-state index in [4.69, 9.17) is 28.9 Å². The summed E-state index contributed by atoms with van der Waals surface area (Å²) in [5.41, 5.74) is 5.25. The van der Waals surface area contributed by atoms with Gasteiger partial charge >= 0.3 is 29.6 Å². The van der Waals surface area contributed by atoms with Crippen molar-refractivity contribution in [3.63, 3.8) is 0 Å². The van der Waals surface area contributed by atoms with E-state index in [1.54, 1.807) is 0 Å². The van der Waals surface area contributed by atoms with E-state index in [9.17, 15) is 14.7 Å². The van der Waals surface area contributed by atoms with E-state index in [0.717, 1.165) is 0 Å². The minimum absolute atomic E-state index is 0. The molecule has 0 bridgehead atoms. The SMILES string of the molecule is NC(=O)CC(C(=O)[O-])c1cc(Cl)cc(Cl)c1.[Na+]. The van der Waals surface area contributed by atoms with Crippen molar-refractivity contribution in [2.45, 2.75) is 12.3 Å². The van der Waals surface area contributed by atoms with Crippen molar-refractivity contribution < 1.29 is 44.3 Å². The third kappa shape index (κ3) is 5.27. The number of aliphatic carboxylic acids is 1. The van der Waals surface area contributed by atoms with E-state index in [-0.39, 0.29) is 36.0 Å². The normalized spacial score (nSPS) is 11.4. The summed E-state index contributed by atoms with van der Waals surface area (Å²) >= 11 is 11.4. The predicted molar refractivity (Wildman–Crippen MR) is 58.0 cm³/mol. The molecule has 17 heavy (non-hydrogen) atoms. The topological polar surface area (TPSA) is 83.2 Å². The van der Waals surface area contributed by atoms with Gasteiger partial charge in [-0.15, -0.1) is 0 Å². The molecule has 0 aliphatic rings. The maximum Gasteiger partial charge on any atom is 1.00 e. The summed E-state index contributed by atoms with van der Waals surface area (Å²) < 4.78 is 0. The number of amides is 1. The van der Waals surface area contributed by atoms with Crippen molar-refractivity contribution in [3.05, 3.63) is 33.8 Å². The fourth-order valence-corrected chi connectivity index (χ4v) is 1.86. The third-order valence-electron chi connectivity index (χ3n) is 1.98. The Labute approximate surface area is 130 Å². The Balaban J connectivity index is 0.00000256. The molecule has 1 atom stereocenters. The van der Waals surface area contributed by atoms with E-state index in [1.807, 2.05) is 0 Å². The van der Waals surface area contributed by atoms with E-state index < -0.39 is 17.8 Å². The molecule has 0 aliphatic heterocycles. The zero-order valence-corrected chi connectivity index (χ0v) is 12.6. The van der Waals surface area contributed by atoms with Crippen LogP contribution in [0.15, 0.2) is 18.2 Å². The number of primary amides is 1. The van der Waals surface area contributed by atoms with Crippen molar-refractivity contribution in [1.29, 1.82) is 0 Å². The number of benzene rings is 1. The molecule has 4 nitrogen and oxygen atoms in total. The molecule has 2 N–H and O–H groups in total. The molecule has 1 aromatic rings. The summed E-state index contributed by atoms with van der Waals surface area (Å²) in [5.74, 6) is -3.25. The van der Waals surface area contributed by atoms with Crippen LogP contribution < -0.4 is 40.4 Å². The van der Waals surface area contributed by atoms with Gasteiger partial charge in [-0.25, -0.2) is 0 Å². The Hall–Kier alpha value is -0.260. The maximum atomic E-state index is 10.9. The monoisotopic (exact) mass is 283 g/mol. The summed E-state index contributed by atoms with van der Waals surface area (Å²) in [6.45, 7) is 0. The van der Waals surface area contributed by atoms with Crippen LogP contribution in [0.4, 0.5) is 0 Å². The van der Waals surface area contributed by atoms with Crippen LogP contribution in [0.2, 0.25) is 10.0 Å². The second-order valence-electron chi connectivity index (χ2n) is 3.24. The van der Waals surface area contributed by atoms with Gasteiger partial charge in [-0.2, -0.15) is 0 Å². The number of halogens is 2. The molecule has 0 aliphatic carbocycles. The molecule has 0 fully saturated rings. The summed E-state index contributed by atoms with van der Waals surface area (Å²) in [6.07, 6.45) is -0.348. The average Bonchev–Trinajstić information content (AvgIpc) is 2.11. The van der Waals surface area contributed by atoms with Crippen LogP contribution in [0.5, 0.6) is 0 Å². The van der Waals surface area contributed by atoms with Crippen molar-refractivity contribution in [2.75, 3.05) is 0 Å². The van der Waals surface area contributed by atoms with E-state index in [2.05, 4.69) is 0 Å². The first-order valence-electron chi connectivity index (χ1n) is 4.35. The van der Waals surface area contributed by atoms with E-state index in [0.29, 0.717) is 15.6 Å². The van der Waals surface area contributed by atoms with Gasteiger partial charge in [0.05, 0.1) is 0 Å². The van der Waals surface area contributed by atoms with Crippen LogP contribution in [-0.4, -0.2) is 11.9 Å². The predicted octanol–water partition coefficient (Wildman–Crippen LogP) is -2.29. The van der Waals surface area contributed by atoms with Crippen molar-refractivity contribution in [1.82, 2.24) is 0 Å². The quantitative estimate of drug-likeness (QED) is 0.632. The molecule has 1 rings (SSSR count). The van der Waals surface area contributed by atoms with Crippen LogP contribution in [0.3, 0.4) is 0 Å². The van der Waals surface area contributed by atoms with Gasteiger partial charge in [0, 0.05) is 28.4 Å². The first-order chi connectivity index (χ1) is 7.40. The van der Waals surface area contributed by atoms with E-state index >= 15 is 0 Å². The van der Waals surface area contributed by atoms with Crippen LogP contribution in [-0.2, 0) is 9.59 Å². The van der Waals surface area contributed by atoms with Gasteiger partial charge in [0.25, 0.3) is 0 Å². The number of carbonyl (C=O) groups excluding carboxylic acids is 2. The minimum Gasteiger partial charge on any atom is -0.549 e. The number of hydrogen-bond acceptors (Lipinski definition) is 3. The standard InChI is InChI=1S/C10H9Cl2NO3.Na/c11-6-1-5(2-7(12)3-6)8(10(15)16)4-9(13)14;/h1-3,8H,4H2,(H2,13,14)(H,15,16);/q;+1/p-1. The number of carboxylic acid groups (broad SMARTS) is 1. The van der Waals surface area contributed by atoms with Crippen LogP contribution >= 0.6 is 23.2 Å². The molecule has 7 heteroatoms. The number of carbonyl (C=O) groups is 2. The zero-order chi connectivity index (χ0) is 12.3. The van der Waals surface area contributed by atoms with Gasteiger partial charge in [-0.1, -0.05) is 23.2 Å². The first kappa shape index (κ1) is 16.7. The molecule has 0 saturated heterocycles. The Morgan fingerprint density at radius 1 is 1.24 bits per heavy atom. The van der Waals surface area contributed by atoms with Gasteiger partial charge < -0.3 is 15.6 Å². The zero-order valence-electron chi connectivity index (χ0n) is 9.07. The molecule has 0 saturated carbocycles.